The molecular formula is C26H33N7O6. The minimum Gasteiger partial charge on any atom is -0.481 e. The van der Waals surface area contributed by atoms with Gasteiger partial charge in [-0.15, -0.1) is 0 Å². The molecule has 13 heteroatoms. The highest BCUT2D eigenvalue weighted by atomic mass is 16.4. The fourth-order valence-corrected chi connectivity index (χ4v) is 4.12. The van der Waals surface area contributed by atoms with E-state index in [4.69, 9.17) is 17.2 Å². The lowest BCUT2D eigenvalue weighted by atomic mass is 10.0. The highest BCUT2D eigenvalue weighted by Gasteiger charge is 2.29. The van der Waals surface area contributed by atoms with Gasteiger partial charge in [0, 0.05) is 35.6 Å². The number of benzene rings is 2. The number of nitrogen functional groups attached to an aromatic ring is 1. The van der Waals surface area contributed by atoms with Gasteiger partial charge in [0.25, 0.3) is 5.91 Å². The average Bonchev–Trinajstić information content (AvgIpc) is 2.89. The molecule has 0 spiro atoms. The van der Waals surface area contributed by atoms with Gasteiger partial charge in [0.15, 0.2) is 0 Å². The Balaban J connectivity index is 2.07. The van der Waals surface area contributed by atoms with Crippen LogP contribution in [0.3, 0.4) is 0 Å². The number of fused-ring (bicyclic) bond motifs is 2. The van der Waals surface area contributed by atoms with E-state index < -0.39 is 48.1 Å². The molecule has 0 aromatic heterocycles. The Morgan fingerprint density at radius 2 is 1.67 bits per heavy atom. The van der Waals surface area contributed by atoms with Crippen LogP contribution in [-0.2, 0) is 20.9 Å². The van der Waals surface area contributed by atoms with E-state index in [0.29, 0.717) is 42.0 Å². The molecule has 2 atom stereocenters. The molecule has 0 saturated heterocycles. The van der Waals surface area contributed by atoms with E-state index in [-0.39, 0.29) is 30.5 Å². The zero-order chi connectivity index (χ0) is 28.5. The standard InChI is InChI=1S/C26H33N7O6/c27-10-2-1-3-19-25(38)33-21-11-14(23(29)36)4-5-15(21)13-30-18-7-6-16(28)12-17(18)24(37)31-20(26(39)32-19)8-9-22(34)35/h4-7,11-12,19-20,30H,1-3,8-10,13,27-28H2,(H2,29,36)(H,31,37)(H,32,39)(H,33,38)(H,34,35)/t19-,20-/m0/s1. The van der Waals surface area contributed by atoms with Gasteiger partial charge in [0.1, 0.15) is 12.1 Å². The molecule has 0 aliphatic carbocycles. The molecule has 0 saturated carbocycles. The van der Waals surface area contributed by atoms with Gasteiger partial charge in [-0.05, 0) is 68.1 Å². The summed E-state index contributed by atoms with van der Waals surface area (Å²) in [5.41, 5.74) is 18.8. The van der Waals surface area contributed by atoms with Gasteiger partial charge in [-0.25, -0.2) is 0 Å². The van der Waals surface area contributed by atoms with Gasteiger partial charge in [-0.2, -0.15) is 0 Å². The molecule has 208 valence electrons. The summed E-state index contributed by atoms with van der Waals surface area (Å²) in [6.45, 7) is 0.532. The van der Waals surface area contributed by atoms with Crippen molar-refractivity contribution in [2.75, 3.05) is 22.9 Å². The number of hydrogen-bond donors (Lipinski definition) is 8. The maximum atomic E-state index is 13.4. The second kappa shape index (κ2) is 13.2. The van der Waals surface area contributed by atoms with Gasteiger partial charge in [-0.1, -0.05) is 6.07 Å². The molecule has 13 nitrogen and oxygen atoms in total. The number of amides is 4. The van der Waals surface area contributed by atoms with Crippen molar-refractivity contribution >= 4 is 46.7 Å². The number of hydrogen-bond acceptors (Lipinski definition) is 8. The van der Waals surface area contributed by atoms with Gasteiger partial charge < -0.3 is 43.6 Å². The third kappa shape index (κ3) is 7.92. The van der Waals surface area contributed by atoms with E-state index in [1.165, 1.54) is 18.2 Å². The van der Waals surface area contributed by atoms with E-state index in [0.717, 1.165) is 0 Å². The summed E-state index contributed by atoms with van der Waals surface area (Å²) in [6.07, 6.45) is 0.747. The van der Waals surface area contributed by atoms with Crippen molar-refractivity contribution in [2.45, 2.75) is 50.7 Å². The molecule has 4 amide bonds. The minimum atomic E-state index is -1.25. The number of carboxylic acids is 1. The SMILES string of the molecule is NCCCC[C@@H]1NC(=O)[C@H](CCC(=O)O)NC(=O)c2cc(N)ccc2NCc2ccc(C(N)=O)cc2NC1=O. The quantitative estimate of drug-likeness (QED) is 0.172. The Morgan fingerprint density at radius 3 is 2.36 bits per heavy atom. The summed E-state index contributed by atoms with van der Waals surface area (Å²) >= 11 is 0. The van der Waals surface area contributed by atoms with Crippen LogP contribution in [0.1, 0.15) is 58.4 Å². The molecule has 3 rings (SSSR count). The number of unbranched alkanes of at least 4 members (excludes halogenated alkanes) is 1. The number of anilines is 3. The maximum absolute atomic E-state index is 13.4. The first-order valence-corrected chi connectivity index (χ1v) is 12.5. The lowest BCUT2D eigenvalue weighted by molar-refractivity contribution is -0.137. The second-order valence-electron chi connectivity index (χ2n) is 9.19. The predicted octanol–water partition coefficient (Wildman–Crippen LogP) is 0.509. The summed E-state index contributed by atoms with van der Waals surface area (Å²) in [6, 6.07) is 6.91. The van der Waals surface area contributed by atoms with E-state index in [2.05, 4.69) is 21.3 Å². The molecule has 0 radical (unpaired) electrons. The van der Waals surface area contributed by atoms with Crippen LogP contribution in [0.15, 0.2) is 36.4 Å². The molecule has 0 bridgehead atoms. The second-order valence-corrected chi connectivity index (χ2v) is 9.19. The van der Waals surface area contributed by atoms with E-state index in [1.54, 1.807) is 18.2 Å². The Morgan fingerprint density at radius 1 is 0.923 bits per heavy atom. The normalized spacial score (nSPS) is 17.8. The lowest BCUT2D eigenvalue weighted by Crippen LogP contribution is -2.53. The molecule has 2 aromatic rings. The lowest BCUT2D eigenvalue weighted by Gasteiger charge is -2.25. The first kappa shape index (κ1) is 28.9. The van der Waals surface area contributed by atoms with Gasteiger partial charge in [0.2, 0.25) is 17.7 Å². The first-order valence-electron chi connectivity index (χ1n) is 12.5. The van der Waals surface area contributed by atoms with Crippen LogP contribution in [0.5, 0.6) is 0 Å². The Bertz CT molecular complexity index is 1270. The maximum Gasteiger partial charge on any atom is 0.303 e. The first-order chi connectivity index (χ1) is 18.6. The van der Waals surface area contributed by atoms with Crippen LogP contribution >= 0.6 is 0 Å². The van der Waals surface area contributed by atoms with Crippen LogP contribution in [0.2, 0.25) is 0 Å². The van der Waals surface area contributed by atoms with Crippen LogP contribution in [-0.4, -0.2) is 53.3 Å². The van der Waals surface area contributed by atoms with E-state index in [1.807, 2.05) is 0 Å². The number of aliphatic carboxylic acids is 1. The van der Waals surface area contributed by atoms with Crippen molar-refractivity contribution < 1.29 is 29.1 Å². The van der Waals surface area contributed by atoms with Gasteiger partial charge in [0.05, 0.1) is 5.56 Å². The number of carboxylic acid groups (broad SMARTS) is 1. The summed E-state index contributed by atoms with van der Waals surface area (Å²) in [7, 11) is 0. The molecule has 0 fully saturated rings. The number of rotatable bonds is 8. The number of carbonyl (C=O) groups excluding carboxylic acids is 4. The molecule has 1 aliphatic rings. The molecule has 1 aliphatic heterocycles. The summed E-state index contributed by atoms with van der Waals surface area (Å²) in [5, 5.41) is 20.3. The molecule has 39 heavy (non-hydrogen) atoms. The number of carbonyl (C=O) groups is 5. The smallest absolute Gasteiger partial charge is 0.303 e. The molecule has 0 unspecified atom stereocenters. The summed E-state index contributed by atoms with van der Waals surface area (Å²) < 4.78 is 0. The topological polar surface area (TPSA) is 232 Å². The predicted molar refractivity (Wildman–Crippen MR) is 145 cm³/mol. The van der Waals surface area contributed by atoms with Crippen molar-refractivity contribution in [1.29, 1.82) is 0 Å². The number of primary amides is 1. The largest absolute Gasteiger partial charge is 0.481 e. The average molecular weight is 540 g/mol. The molecule has 1 heterocycles. The van der Waals surface area contributed by atoms with Crippen LogP contribution in [0.25, 0.3) is 0 Å². The van der Waals surface area contributed by atoms with Crippen LogP contribution < -0.4 is 38.5 Å². The number of nitrogens with two attached hydrogens (primary N) is 3. The van der Waals surface area contributed by atoms with E-state index in [9.17, 15) is 29.1 Å². The fraction of sp³-hybridized carbons (Fsp3) is 0.346. The molecule has 2 aromatic carbocycles. The Hall–Kier alpha value is -4.65. The van der Waals surface area contributed by atoms with Crippen molar-refractivity contribution in [3.63, 3.8) is 0 Å². The van der Waals surface area contributed by atoms with Crippen molar-refractivity contribution in [1.82, 2.24) is 10.6 Å². The highest BCUT2D eigenvalue weighted by molar-refractivity contribution is 6.04. The van der Waals surface area contributed by atoms with Crippen molar-refractivity contribution in [2.24, 2.45) is 11.5 Å². The van der Waals surface area contributed by atoms with Gasteiger partial charge >= 0.3 is 5.97 Å². The number of nitrogens with one attached hydrogen (secondary N) is 4. The fourth-order valence-electron chi connectivity index (χ4n) is 4.12. The summed E-state index contributed by atoms with van der Waals surface area (Å²) in [5.74, 6) is -3.77. The zero-order valence-corrected chi connectivity index (χ0v) is 21.3. The van der Waals surface area contributed by atoms with Crippen molar-refractivity contribution in [3.05, 3.63) is 53.1 Å². The Labute approximate surface area is 224 Å². The van der Waals surface area contributed by atoms with Gasteiger partial charge in [-0.3, -0.25) is 24.0 Å². The van der Waals surface area contributed by atoms with Crippen LogP contribution in [0, 0.1) is 0 Å². The monoisotopic (exact) mass is 539 g/mol. The van der Waals surface area contributed by atoms with Crippen molar-refractivity contribution in [3.8, 4) is 0 Å². The third-order valence-electron chi connectivity index (χ3n) is 6.26. The molecular weight excluding hydrogens is 506 g/mol. The Kier molecular flexibility index (Phi) is 9.81. The third-order valence-corrected chi connectivity index (χ3v) is 6.26. The van der Waals surface area contributed by atoms with E-state index >= 15 is 0 Å². The zero-order valence-electron chi connectivity index (χ0n) is 21.3. The minimum absolute atomic E-state index is 0.138. The highest BCUT2D eigenvalue weighted by Crippen LogP contribution is 2.24. The molecule has 11 N–H and O–H groups in total. The van der Waals surface area contributed by atoms with Crippen LogP contribution in [0.4, 0.5) is 17.1 Å². The summed E-state index contributed by atoms with van der Waals surface area (Å²) in [4.78, 5) is 62.9.